The molecule has 0 aromatic carbocycles. The van der Waals surface area contributed by atoms with Crippen LogP contribution in [0.3, 0.4) is 0 Å². The molecule has 0 saturated heterocycles. The summed E-state index contributed by atoms with van der Waals surface area (Å²) >= 11 is 1.94. The standard InChI is InChI=1S/C13H24N2S/c1-5-7-14-12(4)10(2)11(3)13-15-8-6-9-16-13/h10-11H,5-9H2,1-4H3. The van der Waals surface area contributed by atoms with Crippen molar-refractivity contribution in [2.45, 2.75) is 40.5 Å². The minimum Gasteiger partial charge on any atom is -0.294 e. The lowest BCUT2D eigenvalue weighted by Gasteiger charge is -2.23. The SMILES string of the molecule is CCCN=C(C)C(C)C(C)C1=NCCCS1. The van der Waals surface area contributed by atoms with Gasteiger partial charge in [0.25, 0.3) is 0 Å². The van der Waals surface area contributed by atoms with E-state index in [1.165, 1.54) is 22.9 Å². The Labute approximate surface area is 104 Å². The van der Waals surface area contributed by atoms with Crippen LogP contribution in [0.15, 0.2) is 9.98 Å². The summed E-state index contributed by atoms with van der Waals surface area (Å²) in [5.74, 6) is 2.29. The maximum Gasteiger partial charge on any atom is 0.0710 e. The van der Waals surface area contributed by atoms with Gasteiger partial charge in [-0.15, -0.1) is 11.8 Å². The monoisotopic (exact) mass is 240 g/mol. The van der Waals surface area contributed by atoms with E-state index in [1.807, 2.05) is 11.8 Å². The van der Waals surface area contributed by atoms with Gasteiger partial charge in [0.1, 0.15) is 0 Å². The fourth-order valence-corrected chi connectivity index (χ4v) is 2.89. The lowest BCUT2D eigenvalue weighted by atomic mass is 9.92. The number of rotatable bonds is 5. The van der Waals surface area contributed by atoms with E-state index in [1.54, 1.807) is 0 Å². The molecule has 1 aliphatic heterocycles. The number of hydrogen-bond acceptors (Lipinski definition) is 3. The van der Waals surface area contributed by atoms with Crippen molar-refractivity contribution in [1.29, 1.82) is 0 Å². The van der Waals surface area contributed by atoms with Crippen LogP contribution in [-0.2, 0) is 0 Å². The summed E-state index contributed by atoms with van der Waals surface area (Å²) in [7, 11) is 0. The van der Waals surface area contributed by atoms with Gasteiger partial charge >= 0.3 is 0 Å². The molecule has 0 aliphatic carbocycles. The number of thioether (sulfide) groups is 1. The highest BCUT2D eigenvalue weighted by Crippen LogP contribution is 2.25. The lowest BCUT2D eigenvalue weighted by Crippen LogP contribution is -2.24. The van der Waals surface area contributed by atoms with Crippen molar-refractivity contribution < 1.29 is 0 Å². The fraction of sp³-hybridized carbons (Fsp3) is 0.846. The van der Waals surface area contributed by atoms with E-state index >= 15 is 0 Å². The third-order valence-corrected chi connectivity index (χ3v) is 4.49. The van der Waals surface area contributed by atoms with Gasteiger partial charge in [-0.1, -0.05) is 20.8 Å². The van der Waals surface area contributed by atoms with Crippen molar-refractivity contribution in [3.05, 3.63) is 0 Å². The second-order valence-corrected chi connectivity index (χ2v) is 5.64. The Morgan fingerprint density at radius 1 is 1.50 bits per heavy atom. The van der Waals surface area contributed by atoms with Crippen LogP contribution in [0.5, 0.6) is 0 Å². The average molecular weight is 240 g/mol. The molecule has 3 heteroatoms. The van der Waals surface area contributed by atoms with Gasteiger partial charge in [0.05, 0.1) is 5.04 Å². The highest BCUT2D eigenvalue weighted by Gasteiger charge is 2.21. The van der Waals surface area contributed by atoms with Crippen LogP contribution in [0.4, 0.5) is 0 Å². The molecule has 0 N–H and O–H groups in total. The highest BCUT2D eigenvalue weighted by atomic mass is 32.2. The molecule has 0 aromatic rings. The molecule has 0 aromatic heterocycles. The van der Waals surface area contributed by atoms with E-state index in [4.69, 9.17) is 0 Å². The molecule has 0 radical (unpaired) electrons. The average Bonchev–Trinajstić information content (AvgIpc) is 2.35. The van der Waals surface area contributed by atoms with Gasteiger partial charge in [0.2, 0.25) is 0 Å². The summed E-state index contributed by atoms with van der Waals surface area (Å²) in [6, 6.07) is 0. The predicted octanol–water partition coefficient (Wildman–Crippen LogP) is 3.66. The normalized spacial score (nSPS) is 21.5. The number of aliphatic imine (C=N–C) groups is 2. The number of nitrogens with zero attached hydrogens (tertiary/aromatic N) is 2. The molecule has 1 rings (SSSR count). The van der Waals surface area contributed by atoms with Crippen LogP contribution in [-0.4, -0.2) is 29.6 Å². The number of hydrogen-bond donors (Lipinski definition) is 0. The van der Waals surface area contributed by atoms with Crippen LogP contribution in [0, 0.1) is 11.8 Å². The van der Waals surface area contributed by atoms with Crippen LogP contribution in [0.2, 0.25) is 0 Å². The molecule has 0 fully saturated rings. The van der Waals surface area contributed by atoms with E-state index in [9.17, 15) is 0 Å². The molecule has 0 spiro atoms. The molecule has 2 nitrogen and oxygen atoms in total. The van der Waals surface area contributed by atoms with Crippen molar-refractivity contribution in [2.75, 3.05) is 18.8 Å². The molecule has 1 aliphatic rings. The van der Waals surface area contributed by atoms with Gasteiger partial charge in [-0.05, 0) is 19.8 Å². The summed E-state index contributed by atoms with van der Waals surface area (Å²) in [4.78, 5) is 9.25. The Morgan fingerprint density at radius 2 is 2.25 bits per heavy atom. The summed E-state index contributed by atoms with van der Waals surface area (Å²) in [6.45, 7) is 10.9. The quantitative estimate of drug-likeness (QED) is 0.673. The second kappa shape index (κ2) is 7.10. The topological polar surface area (TPSA) is 24.7 Å². The van der Waals surface area contributed by atoms with E-state index in [-0.39, 0.29) is 0 Å². The van der Waals surface area contributed by atoms with Gasteiger partial charge in [-0.3, -0.25) is 9.98 Å². The molecule has 2 unspecified atom stereocenters. The highest BCUT2D eigenvalue weighted by molar-refractivity contribution is 8.14. The van der Waals surface area contributed by atoms with Crippen LogP contribution in [0.25, 0.3) is 0 Å². The molecule has 0 saturated carbocycles. The molecular weight excluding hydrogens is 216 g/mol. The maximum atomic E-state index is 4.64. The lowest BCUT2D eigenvalue weighted by molar-refractivity contribution is 0.621. The zero-order valence-corrected chi connectivity index (χ0v) is 11.8. The summed E-state index contributed by atoms with van der Waals surface area (Å²) < 4.78 is 0. The Balaban J connectivity index is 2.58. The van der Waals surface area contributed by atoms with Crippen molar-refractivity contribution in [3.8, 4) is 0 Å². The minimum absolute atomic E-state index is 0.524. The van der Waals surface area contributed by atoms with Gasteiger partial charge in [-0.2, -0.15) is 0 Å². The van der Waals surface area contributed by atoms with Crippen molar-refractivity contribution in [3.63, 3.8) is 0 Å². The first kappa shape index (κ1) is 13.8. The smallest absolute Gasteiger partial charge is 0.0710 e. The first-order valence-electron chi connectivity index (χ1n) is 6.34. The summed E-state index contributed by atoms with van der Waals surface area (Å²) in [5.41, 5.74) is 1.28. The van der Waals surface area contributed by atoms with Crippen molar-refractivity contribution >= 4 is 22.5 Å². The van der Waals surface area contributed by atoms with Crippen LogP contribution < -0.4 is 0 Å². The van der Waals surface area contributed by atoms with Crippen LogP contribution in [0.1, 0.15) is 40.5 Å². The third-order valence-electron chi connectivity index (χ3n) is 3.20. The fourth-order valence-electron chi connectivity index (χ4n) is 1.76. The molecule has 0 bridgehead atoms. The predicted molar refractivity (Wildman–Crippen MR) is 76.0 cm³/mol. The second-order valence-electron chi connectivity index (χ2n) is 4.52. The Morgan fingerprint density at radius 3 is 2.81 bits per heavy atom. The first-order valence-corrected chi connectivity index (χ1v) is 7.33. The Kier molecular flexibility index (Phi) is 6.10. The molecular formula is C13H24N2S. The minimum atomic E-state index is 0.524. The molecule has 2 atom stereocenters. The van der Waals surface area contributed by atoms with Gasteiger partial charge in [0, 0.05) is 36.4 Å². The van der Waals surface area contributed by atoms with E-state index in [0.717, 1.165) is 19.5 Å². The molecule has 0 amide bonds. The van der Waals surface area contributed by atoms with Crippen molar-refractivity contribution in [2.24, 2.45) is 21.8 Å². The maximum absolute atomic E-state index is 4.64. The van der Waals surface area contributed by atoms with Crippen molar-refractivity contribution in [1.82, 2.24) is 0 Å². The molecule has 16 heavy (non-hydrogen) atoms. The van der Waals surface area contributed by atoms with Crippen LogP contribution >= 0.6 is 11.8 Å². The first-order chi connectivity index (χ1) is 7.66. The molecule has 1 heterocycles. The molecule has 92 valence electrons. The van der Waals surface area contributed by atoms with E-state index in [0.29, 0.717) is 11.8 Å². The zero-order valence-electron chi connectivity index (χ0n) is 11.0. The largest absolute Gasteiger partial charge is 0.294 e. The van der Waals surface area contributed by atoms with Gasteiger partial charge < -0.3 is 0 Å². The summed E-state index contributed by atoms with van der Waals surface area (Å²) in [6.07, 6.45) is 2.37. The van der Waals surface area contributed by atoms with Gasteiger partial charge in [-0.25, -0.2) is 0 Å². The Hall–Kier alpha value is -0.310. The third kappa shape index (κ3) is 3.93. The summed E-state index contributed by atoms with van der Waals surface area (Å²) in [5, 5.41) is 1.34. The Bertz CT molecular complexity index is 271. The van der Waals surface area contributed by atoms with Gasteiger partial charge in [0.15, 0.2) is 0 Å². The zero-order chi connectivity index (χ0) is 12.0. The van der Waals surface area contributed by atoms with E-state index < -0.39 is 0 Å². The van der Waals surface area contributed by atoms with E-state index in [2.05, 4.69) is 37.7 Å².